The number of aliphatic hydroxyl groups is 1. The van der Waals surface area contributed by atoms with E-state index in [4.69, 9.17) is 15.2 Å². The number of alkyl halides is 2. The van der Waals surface area contributed by atoms with E-state index in [1.807, 2.05) is 49.4 Å². The number of aliphatic hydroxyl groups excluding tert-OH is 1. The van der Waals surface area contributed by atoms with Gasteiger partial charge in [0.2, 0.25) is 0 Å². The molecule has 2 atom stereocenters. The molecule has 0 aliphatic carbocycles. The Bertz CT molecular complexity index is 1400. The third-order valence-corrected chi connectivity index (χ3v) is 6.63. The van der Waals surface area contributed by atoms with Gasteiger partial charge in [0.05, 0.1) is 11.7 Å². The molecule has 0 aliphatic rings. The van der Waals surface area contributed by atoms with Crippen LogP contribution >= 0.6 is 0 Å². The maximum Gasteiger partial charge on any atom is 0.306 e. The molecular weight excluding hydrogens is 526 g/mol. The van der Waals surface area contributed by atoms with Crippen molar-refractivity contribution in [3.63, 3.8) is 0 Å². The standard InChI is InChI=1S/C33H34F2N2O4/c1-23(18-24-12-15-28(16-13-24)41-22-33(34,35)27-10-6-3-7-11-27)37-20-30(38)26-14-17-31(29(19-26)32(36)39)40-21-25-8-4-2-5-9-25/h2-17,19,23,30,37-38H,18,20-22H2,1H3,(H2,36,39)/t23-,30+/m0/s1. The Balaban J connectivity index is 1.26. The Morgan fingerprint density at radius 1 is 0.902 bits per heavy atom. The average molecular weight is 561 g/mol. The van der Waals surface area contributed by atoms with Gasteiger partial charge in [0, 0.05) is 18.2 Å². The zero-order valence-electron chi connectivity index (χ0n) is 22.8. The average Bonchev–Trinajstić information content (AvgIpc) is 2.99. The number of nitrogens with two attached hydrogens (primary N) is 1. The summed E-state index contributed by atoms with van der Waals surface area (Å²) < 4.78 is 39.9. The molecular formula is C33H34F2N2O4. The Morgan fingerprint density at radius 3 is 2.22 bits per heavy atom. The van der Waals surface area contributed by atoms with Crippen LogP contribution in [0.1, 0.15) is 45.6 Å². The second kappa shape index (κ2) is 13.9. The Hall–Kier alpha value is -4.27. The van der Waals surface area contributed by atoms with Gasteiger partial charge in [0.15, 0.2) is 6.61 Å². The molecule has 8 heteroatoms. The van der Waals surface area contributed by atoms with Gasteiger partial charge in [0.1, 0.15) is 18.1 Å². The number of benzene rings is 4. The molecule has 0 radical (unpaired) electrons. The number of primary amides is 1. The van der Waals surface area contributed by atoms with Gasteiger partial charge in [-0.1, -0.05) is 78.9 Å². The van der Waals surface area contributed by atoms with Crippen molar-refractivity contribution in [3.8, 4) is 11.5 Å². The zero-order chi connectivity index (χ0) is 29.2. The second-order valence-corrected chi connectivity index (χ2v) is 9.93. The van der Waals surface area contributed by atoms with E-state index in [9.17, 15) is 18.7 Å². The molecule has 4 N–H and O–H groups in total. The summed E-state index contributed by atoms with van der Waals surface area (Å²) in [5.41, 5.74) is 8.17. The van der Waals surface area contributed by atoms with Crippen molar-refractivity contribution < 1.29 is 28.2 Å². The van der Waals surface area contributed by atoms with Gasteiger partial charge < -0.3 is 25.6 Å². The van der Waals surface area contributed by atoms with Crippen molar-refractivity contribution in [1.29, 1.82) is 0 Å². The highest BCUT2D eigenvalue weighted by molar-refractivity contribution is 5.95. The third kappa shape index (κ3) is 8.61. The Morgan fingerprint density at radius 2 is 1.56 bits per heavy atom. The number of amides is 1. The fourth-order valence-electron chi connectivity index (χ4n) is 4.33. The van der Waals surface area contributed by atoms with Crippen LogP contribution in [0.3, 0.4) is 0 Å². The van der Waals surface area contributed by atoms with Gasteiger partial charge in [-0.05, 0) is 54.3 Å². The Labute approximate surface area is 238 Å². The van der Waals surface area contributed by atoms with Crippen molar-refractivity contribution in [2.45, 2.75) is 38.0 Å². The first-order valence-electron chi connectivity index (χ1n) is 13.4. The van der Waals surface area contributed by atoms with Crippen LogP contribution in [0.25, 0.3) is 0 Å². The molecule has 0 heterocycles. The summed E-state index contributed by atoms with van der Waals surface area (Å²) in [6.07, 6.45) is -0.229. The molecule has 0 saturated heterocycles. The first-order valence-corrected chi connectivity index (χ1v) is 13.4. The lowest BCUT2D eigenvalue weighted by atomic mass is 10.0. The topological polar surface area (TPSA) is 93.8 Å². The molecule has 6 nitrogen and oxygen atoms in total. The van der Waals surface area contributed by atoms with E-state index in [0.717, 1.165) is 11.1 Å². The summed E-state index contributed by atoms with van der Waals surface area (Å²) in [6, 6.07) is 29.1. The largest absolute Gasteiger partial charge is 0.488 e. The van der Waals surface area contributed by atoms with Crippen molar-refractivity contribution >= 4 is 5.91 Å². The summed E-state index contributed by atoms with van der Waals surface area (Å²) in [5.74, 6) is -3.01. The molecule has 0 saturated carbocycles. The van der Waals surface area contributed by atoms with E-state index in [1.54, 1.807) is 48.5 Å². The van der Waals surface area contributed by atoms with Crippen LogP contribution in [0.5, 0.6) is 11.5 Å². The SMILES string of the molecule is C[C@@H](Cc1ccc(OCC(F)(F)c2ccccc2)cc1)NC[C@@H](O)c1ccc(OCc2ccccc2)c(C(N)=O)c1. The summed E-state index contributed by atoms with van der Waals surface area (Å²) in [5, 5.41) is 14.0. The van der Waals surface area contributed by atoms with Crippen molar-refractivity contribution in [1.82, 2.24) is 5.32 Å². The van der Waals surface area contributed by atoms with Crippen LogP contribution in [0.4, 0.5) is 8.78 Å². The molecule has 0 aliphatic heterocycles. The van der Waals surface area contributed by atoms with Gasteiger partial charge in [0.25, 0.3) is 5.91 Å². The van der Waals surface area contributed by atoms with Crippen molar-refractivity contribution in [2.75, 3.05) is 13.2 Å². The molecule has 4 aromatic carbocycles. The predicted molar refractivity (Wildman–Crippen MR) is 154 cm³/mol. The van der Waals surface area contributed by atoms with Crippen molar-refractivity contribution in [2.24, 2.45) is 5.73 Å². The minimum Gasteiger partial charge on any atom is -0.488 e. The van der Waals surface area contributed by atoms with Gasteiger partial charge >= 0.3 is 5.92 Å². The quantitative estimate of drug-likeness (QED) is 0.182. The maximum absolute atomic E-state index is 14.4. The number of rotatable bonds is 14. The maximum atomic E-state index is 14.4. The lowest BCUT2D eigenvalue weighted by Gasteiger charge is -2.19. The highest BCUT2D eigenvalue weighted by Crippen LogP contribution is 2.29. The number of hydrogen-bond donors (Lipinski definition) is 3. The van der Waals surface area contributed by atoms with Crippen molar-refractivity contribution in [3.05, 3.63) is 131 Å². The highest BCUT2D eigenvalue weighted by atomic mass is 19.3. The minimum absolute atomic E-state index is 0.00271. The fourth-order valence-corrected chi connectivity index (χ4v) is 4.33. The molecule has 4 rings (SSSR count). The van der Waals surface area contributed by atoms with Crippen LogP contribution in [0, 0.1) is 0 Å². The molecule has 0 bridgehead atoms. The van der Waals surface area contributed by atoms with E-state index < -0.39 is 24.5 Å². The van der Waals surface area contributed by atoms with Gasteiger partial charge in [-0.3, -0.25) is 4.79 Å². The summed E-state index contributed by atoms with van der Waals surface area (Å²) in [4.78, 5) is 12.1. The van der Waals surface area contributed by atoms with Crippen LogP contribution in [0.15, 0.2) is 103 Å². The van der Waals surface area contributed by atoms with Crippen LogP contribution in [0.2, 0.25) is 0 Å². The molecule has 1 amide bonds. The fraction of sp³-hybridized carbons (Fsp3) is 0.242. The van der Waals surface area contributed by atoms with E-state index in [1.165, 1.54) is 12.1 Å². The van der Waals surface area contributed by atoms with Gasteiger partial charge in [-0.25, -0.2) is 0 Å². The summed E-state index contributed by atoms with van der Waals surface area (Å²) in [6.45, 7) is 1.77. The smallest absolute Gasteiger partial charge is 0.306 e. The molecule has 0 spiro atoms. The monoisotopic (exact) mass is 560 g/mol. The lowest BCUT2D eigenvalue weighted by Crippen LogP contribution is -2.32. The summed E-state index contributed by atoms with van der Waals surface area (Å²) >= 11 is 0. The predicted octanol–water partition coefficient (Wildman–Crippen LogP) is 5.79. The highest BCUT2D eigenvalue weighted by Gasteiger charge is 2.32. The number of carbonyl (C=O) groups excluding carboxylic acids is 1. The molecule has 214 valence electrons. The van der Waals surface area contributed by atoms with Crippen LogP contribution < -0.4 is 20.5 Å². The lowest BCUT2D eigenvalue weighted by molar-refractivity contribution is -0.0467. The number of ether oxygens (including phenoxy) is 2. The number of carbonyl (C=O) groups is 1. The zero-order valence-corrected chi connectivity index (χ0v) is 22.8. The molecule has 0 fully saturated rings. The number of nitrogens with one attached hydrogen (secondary N) is 1. The molecule has 41 heavy (non-hydrogen) atoms. The van der Waals surface area contributed by atoms with E-state index >= 15 is 0 Å². The molecule has 0 aromatic heterocycles. The van der Waals surface area contributed by atoms with Crippen LogP contribution in [-0.2, 0) is 19.0 Å². The van der Waals surface area contributed by atoms with Gasteiger partial charge in [-0.2, -0.15) is 8.78 Å². The summed E-state index contributed by atoms with van der Waals surface area (Å²) in [7, 11) is 0. The second-order valence-electron chi connectivity index (χ2n) is 9.93. The molecule has 4 aromatic rings. The van der Waals surface area contributed by atoms with Gasteiger partial charge in [-0.15, -0.1) is 0 Å². The van der Waals surface area contributed by atoms with Crippen LogP contribution in [-0.4, -0.2) is 30.2 Å². The minimum atomic E-state index is -3.09. The first kappa shape index (κ1) is 29.7. The first-order chi connectivity index (χ1) is 19.7. The third-order valence-electron chi connectivity index (χ3n) is 6.63. The molecule has 0 unspecified atom stereocenters. The Kier molecular flexibility index (Phi) is 10.1. The van der Waals surface area contributed by atoms with E-state index in [-0.39, 0.29) is 30.3 Å². The van der Waals surface area contributed by atoms with E-state index in [2.05, 4.69) is 5.32 Å². The number of halogens is 2. The van der Waals surface area contributed by atoms with E-state index in [0.29, 0.717) is 23.5 Å². The number of hydrogen-bond acceptors (Lipinski definition) is 5. The normalized spacial score (nSPS) is 12.9.